The number of ether oxygens (including phenoxy) is 2. The summed E-state index contributed by atoms with van der Waals surface area (Å²) in [5, 5.41) is 17.0. The van der Waals surface area contributed by atoms with Crippen molar-refractivity contribution in [2.45, 2.75) is 6.36 Å². The third-order valence-electron chi connectivity index (χ3n) is 4.05. The number of aromatic nitrogens is 5. The molecule has 0 unspecified atom stereocenters. The van der Waals surface area contributed by atoms with Crippen molar-refractivity contribution in [3.8, 4) is 35.0 Å². The second-order valence-electron chi connectivity index (χ2n) is 5.95. The Kier molecular flexibility index (Phi) is 4.67. The van der Waals surface area contributed by atoms with E-state index in [4.69, 9.17) is 10.00 Å². The molecule has 0 saturated carbocycles. The number of fused-ring (bicyclic) bond motifs is 1. The largest absolute Gasteiger partial charge is 0.573 e. The molecule has 0 spiro atoms. The number of alkyl halides is 3. The van der Waals surface area contributed by atoms with Gasteiger partial charge >= 0.3 is 6.36 Å². The molecular weight excluding hydrogens is 401 g/mol. The highest BCUT2D eigenvalue weighted by Crippen LogP contribution is 2.31. The normalized spacial score (nSPS) is 11.3. The van der Waals surface area contributed by atoms with Gasteiger partial charge in [-0.1, -0.05) is 0 Å². The predicted octanol–water partition coefficient (Wildman–Crippen LogP) is 3.66. The van der Waals surface area contributed by atoms with E-state index < -0.39 is 12.1 Å². The highest BCUT2D eigenvalue weighted by Gasteiger charge is 2.31. The zero-order valence-corrected chi connectivity index (χ0v) is 15.3. The number of rotatable bonds is 4. The molecule has 150 valence electrons. The minimum atomic E-state index is -4.82. The summed E-state index contributed by atoms with van der Waals surface area (Å²) in [7, 11) is 1.45. The summed E-state index contributed by atoms with van der Waals surface area (Å²) in [4.78, 5) is 8.65. The number of methoxy groups -OCH3 is 1. The topological polar surface area (TPSA) is 98.7 Å². The molecule has 8 nitrogen and oxygen atoms in total. The monoisotopic (exact) mass is 412 g/mol. The molecule has 0 saturated heterocycles. The summed E-state index contributed by atoms with van der Waals surface area (Å²) in [6, 6.07) is 12.1. The molecule has 0 aliphatic rings. The number of nitrogens with zero attached hydrogens (tertiary/aromatic N) is 6. The Hall–Kier alpha value is -4.20. The lowest BCUT2D eigenvalue weighted by atomic mass is 10.2. The zero-order valence-electron chi connectivity index (χ0n) is 15.3. The standard InChI is InChI=1S/C19H11F3N6O2/c1-29-17-7-6-16(26-27-17)28-15-5-3-12(30-19(20,21)22)8-14(15)25-18(28)13-4-2-11(9-23)10-24-13/h2-8,10H,1H3. The second kappa shape index (κ2) is 7.32. The van der Waals surface area contributed by atoms with E-state index in [0.29, 0.717) is 34.3 Å². The van der Waals surface area contributed by atoms with Crippen LogP contribution >= 0.6 is 0 Å². The second-order valence-corrected chi connectivity index (χ2v) is 5.95. The Morgan fingerprint density at radius 2 is 1.90 bits per heavy atom. The Balaban J connectivity index is 1.91. The lowest BCUT2D eigenvalue weighted by molar-refractivity contribution is -0.274. The number of benzene rings is 1. The Labute approximate surface area is 167 Å². The SMILES string of the molecule is COc1ccc(-n2c(-c3ccc(C#N)cn3)nc3cc(OC(F)(F)F)ccc32)nn1. The van der Waals surface area contributed by atoms with E-state index in [0.717, 1.165) is 0 Å². The molecule has 0 atom stereocenters. The van der Waals surface area contributed by atoms with E-state index >= 15 is 0 Å². The maximum absolute atomic E-state index is 12.6. The van der Waals surface area contributed by atoms with Crippen LogP contribution < -0.4 is 9.47 Å². The Morgan fingerprint density at radius 1 is 1.07 bits per heavy atom. The lowest BCUT2D eigenvalue weighted by Gasteiger charge is -2.09. The molecular formula is C19H11F3N6O2. The van der Waals surface area contributed by atoms with Crippen LogP contribution in [-0.2, 0) is 0 Å². The van der Waals surface area contributed by atoms with E-state index in [9.17, 15) is 13.2 Å². The number of hydrogen-bond acceptors (Lipinski definition) is 7. The van der Waals surface area contributed by atoms with Crippen molar-refractivity contribution >= 4 is 11.0 Å². The average molecular weight is 412 g/mol. The molecule has 11 heteroatoms. The van der Waals surface area contributed by atoms with E-state index in [-0.39, 0.29) is 5.52 Å². The number of imidazole rings is 1. The van der Waals surface area contributed by atoms with Gasteiger partial charge in [0.2, 0.25) is 5.88 Å². The van der Waals surface area contributed by atoms with Gasteiger partial charge in [0, 0.05) is 18.3 Å². The fraction of sp³-hybridized carbons (Fsp3) is 0.105. The third-order valence-corrected chi connectivity index (χ3v) is 4.05. The first-order chi connectivity index (χ1) is 14.4. The van der Waals surface area contributed by atoms with Gasteiger partial charge in [-0.05, 0) is 30.3 Å². The van der Waals surface area contributed by atoms with Crippen LogP contribution in [0.1, 0.15) is 5.56 Å². The van der Waals surface area contributed by atoms with Crippen LogP contribution in [0.15, 0.2) is 48.7 Å². The minimum absolute atomic E-state index is 0.232. The molecule has 0 bridgehead atoms. The lowest BCUT2D eigenvalue weighted by Crippen LogP contribution is -2.17. The summed E-state index contributed by atoms with van der Waals surface area (Å²) >= 11 is 0. The van der Waals surface area contributed by atoms with Gasteiger partial charge in [-0.2, -0.15) is 5.26 Å². The average Bonchev–Trinajstić information content (AvgIpc) is 3.11. The van der Waals surface area contributed by atoms with Gasteiger partial charge in [0.1, 0.15) is 17.5 Å². The first-order valence-electron chi connectivity index (χ1n) is 8.41. The summed E-state index contributed by atoms with van der Waals surface area (Å²) in [6.45, 7) is 0. The number of hydrogen-bond donors (Lipinski definition) is 0. The predicted molar refractivity (Wildman–Crippen MR) is 97.8 cm³/mol. The van der Waals surface area contributed by atoms with Gasteiger partial charge in [-0.3, -0.25) is 9.55 Å². The van der Waals surface area contributed by atoms with Gasteiger partial charge in [0.25, 0.3) is 0 Å². The quantitative estimate of drug-likeness (QED) is 0.504. The fourth-order valence-corrected chi connectivity index (χ4v) is 2.79. The number of halogens is 3. The zero-order chi connectivity index (χ0) is 21.3. The molecule has 0 amide bonds. The fourth-order valence-electron chi connectivity index (χ4n) is 2.79. The molecule has 1 aromatic carbocycles. The highest BCUT2D eigenvalue weighted by atomic mass is 19.4. The maximum Gasteiger partial charge on any atom is 0.573 e. The van der Waals surface area contributed by atoms with Gasteiger partial charge in [-0.25, -0.2) is 4.98 Å². The molecule has 0 aliphatic carbocycles. The van der Waals surface area contributed by atoms with E-state index in [1.54, 1.807) is 28.8 Å². The van der Waals surface area contributed by atoms with Gasteiger partial charge < -0.3 is 9.47 Å². The van der Waals surface area contributed by atoms with E-state index in [2.05, 4.69) is 24.9 Å². The van der Waals surface area contributed by atoms with E-state index in [1.807, 2.05) is 6.07 Å². The van der Waals surface area contributed by atoms with Crippen LogP contribution in [-0.4, -0.2) is 38.2 Å². The third kappa shape index (κ3) is 3.70. The Morgan fingerprint density at radius 3 is 2.50 bits per heavy atom. The summed E-state index contributed by atoms with van der Waals surface area (Å²) in [5.41, 5.74) is 1.44. The first-order valence-corrected chi connectivity index (χ1v) is 8.41. The number of pyridine rings is 1. The number of nitriles is 1. The molecule has 30 heavy (non-hydrogen) atoms. The molecule has 0 aliphatic heterocycles. The van der Waals surface area contributed by atoms with Crippen molar-refractivity contribution in [2.75, 3.05) is 7.11 Å². The molecule has 0 fully saturated rings. The van der Waals surface area contributed by atoms with Gasteiger partial charge in [-0.15, -0.1) is 23.4 Å². The summed E-state index contributed by atoms with van der Waals surface area (Å²) in [5.74, 6) is 0.545. The summed E-state index contributed by atoms with van der Waals surface area (Å²) in [6.07, 6.45) is -3.45. The van der Waals surface area contributed by atoms with Crippen LogP contribution in [0.2, 0.25) is 0 Å². The van der Waals surface area contributed by atoms with Crippen molar-refractivity contribution in [1.29, 1.82) is 5.26 Å². The van der Waals surface area contributed by atoms with Crippen molar-refractivity contribution in [2.24, 2.45) is 0 Å². The van der Waals surface area contributed by atoms with E-state index in [1.165, 1.54) is 31.5 Å². The molecule has 3 aromatic heterocycles. The van der Waals surface area contributed by atoms with Crippen molar-refractivity contribution in [3.05, 3.63) is 54.2 Å². The van der Waals surface area contributed by atoms with Crippen molar-refractivity contribution in [1.82, 2.24) is 24.7 Å². The maximum atomic E-state index is 12.6. The minimum Gasteiger partial charge on any atom is -0.480 e. The van der Waals surface area contributed by atoms with Gasteiger partial charge in [0.15, 0.2) is 11.6 Å². The molecule has 4 aromatic rings. The highest BCUT2D eigenvalue weighted by molar-refractivity contribution is 5.83. The van der Waals surface area contributed by atoms with Crippen LogP contribution in [0.4, 0.5) is 13.2 Å². The molecule has 0 N–H and O–H groups in total. The molecule has 0 radical (unpaired) electrons. The smallest absolute Gasteiger partial charge is 0.480 e. The van der Waals surface area contributed by atoms with Crippen LogP contribution in [0.25, 0.3) is 28.4 Å². The van der Waals surface area contributed by atoms with Crippen LogP contribution in [0, 0.1) is 11.3 Å². The molecule has 3 heterocycles. The van der Waals surface area contributed by atoms with Crippen LogP contribution in [0.5, 0.6) is 11.6 Å². The Bertz CT molecular complexity index is 1240. The molecule has 4 rings (SSSR count). The van der Waals surface area contributed by atoms with Crippen LogP contribution in [0.3, 0.4) is 0 Å². The first kappa shape index (κ1) is 19.1. The summed E-state index contributed by atoms with van der Waals surface area (Å²) < 4.78 is 48.3. The van der Waals surface area contributed by atoms with Crippen molar-refractivity contribution < 1.29 is 22.6 Å². The van der Waals surface area contributed by atoms with Crippen molar-refractivity contribution in [3.63, 3.8) is 0 Å². The van der Waals surface area contributed by atoms with Gasteiger partial charge in [0.05, 0.1) is 23.7 Å².